The maximum atomic E-state index is 11.4. The molecule has 1 rings (SSSR count). The summed E-state index contributed by atoms with van der Waals surface area (Å²) in [5.41, 5.74) is 5.94. The molecule has 0 atom stereocenters. The first-order valence-corrected chi connectivity index (χ1v) is 5.78. The van der Waals surface area contributed by atoms with Gasteiger partial charge in [0.15, 0.2) is 11.0 Å². The minimum atomic E-state index is -0.0710. The van der Waals surface area contributed by atoms with Crippen LogP contribution in [0.2, 0.25) is 5.15 Å². The van der Waals surface area contributed by atoms with Crippen molar-refractivity contribution in [2.24, 2.45) is 0 Å². The van der Waals surface area contributed by atoms with Crippen LogP contribution >= 0.6 is 11.6 Å². The minimum Gasteiger partial charge on any atom is -0.393 e. The van der Waals surface area contributed by atoms with Gasteiger partial charge in [-0.25, -0.2) is 9.97 Å². The van der Waals surface area contributed by atoms with Crippen molar-refractivity contribution in [2.45, 2.75) is 6.42 Å². The molecule has 0 saturated carbocycles. The molecule has 0 aliphatic carbocycles. The normalized spacial score (nSPS) is 10.1. The fourth-order valence-electron chi connectivity index (χ4n) is 1.19. The first kappa shape index (κ1) is 14.5. The number of carbonyl (C=O) groups excluding carboxylic acids is 1. The third kappa shape index (κ3) is 4.72. The van der Waals surface area contributed by atoms with Crippen LogP contribution in [0.1, 0.15) is 6.42 Å². The smallest absolute Gasteiger partial charge is 0.221 e. The standard InChI is InChI=1S/C10H16ClN5O2/c1-18-5-4-13-7(17)2-3-14-10-8(12)9(11)15-6-16-10/h6H,2-5,12H2,1H3,(H,13,17)(H,14,15,16). The number of methoxy groups -OCH3 is 1. The number of anilines is 2. The molecule has 7 nitrogen and oxygen atoms in total. The molecule has 0 saturated heterocycles. The molecule has 0 fully saturated rings. The average molecular weight is 274 g/mol. The van der Waals surface area contributed by atoms with Crippen molar-refractivity contribution < 1.29 is 9.53 Å². The van der Waals surface area contributed by atoms with Gasteiger partial charge in [0.1, 0.15) is 12.0 Å². The van der Waals surface area contributed by atoms with Gasteiger partial charge in [-0.1, -0.05) is 11.6 Å². The van der Waals surface area contributed by atoms with Crippen molar-refractivity contribution in [1.29, 1.82) is 0 Å². The topological polar surface area (TPSA) is 102 Å². The van der Waals surface area contributed by atoms with Gasteiger partial charge in [0, 0.05) is 26.6 Å². The number of hydrogen-bond acceptors (Lipinski definition) is 6. The minimum absolute atomic E-state index is 0.0710. The number of carbonyl (C=O) groups is 1. The molecule has 100 valence electrons. The Labute approximate surface area is 110 Å². The third-order valence-corrected chi connectivity index (χ3v) is 2.41. The van der Waals surface area contributed by atoms with Crippen molar-refractivity contribution in [1.82, 2.24) is 15.3 Å². The van der Waals surface area contributed by atoms with E-state index in [-0.39, 0.29) is 16.7 Å². The van der Waals surface area contributed by atoms with Gasteiger partial charge in [0.25, 0.3) is 0 Å². The highest BCUT2D eigenvalue weighted by Gasteiger charge is 2.06. The summed E-state index contributed by atoms with van der Waals surface area (Å²) >= 11 is 5.73. The lowest BCUT2D eigenvalue weighted by Crippen LogP contribution is -2.28. The van der Waals surface area contributed by atoms with E-state index in [4.69, 9.17) is 22.1 Å². The van der Waals surface area contributed by atoms with Gasteiger partial charge >= 0.3 is 0 Å². The molecule has 1 aromatic rings. The molecule has 18 heavy (non-hydrogen) atoms. The number of amides is 1. The zero-order valence-electron chi connectivity index (χ0n) is 10.1. The number of halogens is 1. The van der Waals surface area contributed by atoms with Crippen LogP contribution in [0.4, 0.5) is 11.5 Å². The van der Waals surface area contributed by atoms with Crippen LogP contribution in [0.15, 0.2) is 6.33 Å². The molecule has 0 aliphatic rings. The summed E-state index contributed by atoms with van der Waals surface area (Å²) in [7, 11) is 1.58. The highest BCUT2D eigenvalue weighted by molar-refractivity contribution is 6.32. The van der Waals surface area contributed by atoms with E-state index in [0.717, 1.165) is 0 Å². The maximum Gasteiger partial charge on any atom is 0.221 e. The van der Waals surface area contributed by atoms with Gasteiger partial charge in [0.2, 0.25) is 5.91 Å². The molecule has 0 spiro atoms. The first-order valence-electron chi connectivity index (χ1n) is 5.40. The summed E-state index contributed by atoms with van der Waals surface area (Å²) in [5, 5.41) is 5.82. The van der Waals surface area contributed by atoms with Crippen molar-refractivity contribution in [3.05, 3.63) is 11.5 Å². The van der Waals surface area contributed by atoms with Gasteiger partial charge < -0.3 is 21.1 Å². The quantitative estimate of drug-likeness (QED) is 0.487. The highest BCUT2D eigenvalue weighted by Crippen LogP contribution is 2.21. The monoisotopic (exact) mass is 273 g/mol. The number of nitrogens with zero attached hydrogens (tertiary/aromatic N) is 2. The van der Waals surface area contributed by atoms with Gasteiger partial charge in [-0.15, -0.1) is 0 Å². The Morgan fingerprint density at radius 1 is 1.50 bits per heavy atom. The summed E-state index contributed by atoms with van der Waals surface area (Å²) < 4.78 is 4.82. The lowest BCUT2D eigenvalue weighted by molar-refractivity contribution is -0.121. The predicted octanol–water partition coefficient (Wildman–Crippen LogP) is 0.277. The Balaban J connectivity index is 2.29. The van der Waals surface area contributed by atoms with Crippen LogP contribution in [-0.4, -0.2) is 42.7 Å². The van der Waals surface area contributed by atoms with Crippen LogP contribution in [0.5, 0.6) is 0 Å². The number of ether oxygens (including phenoxy) is 1. The van der Waals surface area contributed by atoms with Gasteiger partial charge in [0.05, 0.1) is 6.61 Å². The SMILES string of the molecule is COCCNC(=O)CCNc1ncnc(Cl)c1N. The van der Waals surface area contributed by atoms with Crippen LogP contribution < -0.4 is 16.4 Å². The summed E-state index contributed by atoms with van der Waals surface area (Å²) in [6, 6.07) is 0. The Hall–Kier alpha value is -1.60. The second-order valence-corrected chi connectivity index (χ2v) is 3.80. The predicted molar refractivity (Wildman–Crippen MR) is 69.4 cm³/mol. The summed E-state index contributed by atoms with van der Waals surface area (Å²) in [4.78, 5) is 19.0. The van der Waals surface area contributed by atoms with E-state index in [0.29, 0.717) is 31.9 Å². The number of aromatic nitrogens is 2. The number of nitrogen functional groups attached to an aromatic ring is 1. The molecule has 8 heteroatoms. The Morgan fingerprint density at radius 3 is 3.00 bits per heavy atom. The second-order valence-electron chi connectivity index (χ2n) is 3.45. The number of rotatable bonds is 7. The molecule has 0 aromatic carbocycles. The summed E-state index contributed by atoms with van der Waals surface area (Å²) in [6.07, 6.45) is 1.62. The van der Waals surface area contributed by atoms with E-state index < -0.39 is 0 Å². The van der Waals surface area contributed by atoms with Crippen molar-refractivity contribution in [2.75, 3.05) is 37.9 Å². The molecule has 0 aliphatic heterocycles. The molecule has 4 N–H and O–H groups in total. The van der Waals surface area contributed by atoms with Crippen molar-refractivity contribution in [3.63, 3.8) is 0 Å². The zero-order chi connectivity index (χ0) is 13.4. The number of hydrogen-bond donors (Lipinski definition) is 3. The van der Waals surface area contributed by atoms with Crippen LogP contribution in [0.3, 0.4) is 0 Å². The first-order chi connectivity index (χ1) is 8.65. The van der Waals surface area contributed by atoms with E-state index in [1.165, 1.54) is 6.33 Å². The molecule has 0 unspecified atom stereocenters. The summed E-state index contributed by atoms with van der Waals surface area (Å²) in [5.74, 6) is 0.359. The number of nitrogens with two attached hydrogens (primary N) is 1. The fraction of sp³-hybridized carbons (Fsp3) is 0.500. The molecule has 1 aromatic heterocycles. The Kier molecular flexibility index (Phi) is 6.16. The van der Waals surface area contributed by atoms with E-state index in [1.807, 2.05) is 0 Å². The van der Waals surface area contributed by atoms with Gasteiger partial charge in [-0.3, -0.25) is 4.79 Å². The Bertz CT molecular complexity index is 402. The zero-order valence-corrected chi connectivity index (χ0v) is 10.8. The van der Waals surface area contributed by atoms with Crippen LogP contribution in [0.25, 0.3) is 0 Å². The van der Waals surface area contributed by atoms with Crippen LogP contribution in [-0.2, 0) is 9.53 Å². The van der Waals surface area contributed by atoms with E-state index >= 15 is 0 Å². The Morgan fingerprint density at radius 2 is 2.28 bits per heavy atom. The van der Waals surface area contributed by atoms with Gasteiger partial charge in [-0.2, -0.15) is 0 Å². The maximum absolute atomic E-state index is 11.4. The lowest BCUT2D eigenvalue weighted by Gasteiger charge is -2.08. The molecular weight excluding hydrogens is 258 g/mol. The molecule has 0 radical (unpaired) electrons. The van der Waals surface area contributed by atoms with Crippen molar-refractivity contribution >= 4 is 29.0 Å². The number of nitrogens with one attached hydrogen (secondary N) is 2. The fourth-order valence-corrected chi connectivity index (χ4v) is 1.32. The average Bonchev–Trinajstić information content (AvgIpc) is 2.35. The highest BCUT2D eigenvalue weighted by atomic mass is 35.5. The van der Waals surface area contributed by atoms with Gasteiger partial charge in [-0.05, 0) is 0 Å². The third-order valence-electron chi connectivity index (χ3n) is 2.11. The largest absolute Gasteiger partial charge is 0.393 e. The van der Waals surface area contributed by atoms with E-state index in [2.05, 4.69) is 20.6 Å². The van der Waals surface area contributed by atoms with E-state index in [9.17, 15) is 4.79 Å². The lowest BCUT2D eigenvalue weighted by atomic mass is 10.4. The molecule has 1 amide bonds. The van der Waals surface area contributed by atoms with Crippen LogP contribution in [0, 0.1) is 0 Å². The molecule has 0 bridgehead atoms. The van der Waals surface area contributed by atoms with Crippen molar-refractivity contribution in [3.8, 4) is 0 Å². The molecular formula is C10H16ClN5O2. The van der Waals surface area contributed by atoms with E-state index in [1.54, 1.807) is 7.11 Å². The second kappa shape index (κ2) is 7.67. The molecule has 1 heterocycles. The summed E-state index contributed by atoms with van der Waals surface area (Å²) in [6.45, 7) is 1.40.